The lowest BCUT2D eigenvalue weighted by Crippen LogP contribution is -2.41. The molecule has 0 bridgehead atoms. The summed E-state index contributed by atoms with van der Waals surface area (Å²) in [6, 6.07) is 14.5. The van der Waals surface area contributed by atoms with Crippen molar-refractivity contribution in [3.63, 3.8) is 0 Å². The van der Waals surface area contributed by atoms with E-state index in [1.54, 1.807) is 6.07 Å². The molecular weight excluding hydrogens is 465 g/mol. The Hall–Kier alpha value is -4.12. The fourth-order valence-electron chi connectivity index (χ4n) is 2.86. The lowest BCUT2D eigenvalue weighted by atomic mass is 10.2. The van der Waals surface area contributed by atoms with Crippen LogP contribution in [0.3, 0.4) is 0 Å². The molecule has 3 rings (SSSR count). The van der Waals surface area contributed by atoms with Crippen LogP contribution in [0.5, 0.6) is 11.5 Å². The molecule has 0 aliphatic carbocycles. The van der Waals surface area contributed by atoms with Crippen molar-refractivity contribution in [2.45, 2.75) is 11.8 Å². The zero-order valence-electron chi connectivity index (χ0n) is 18.3. The third kappa shape index (κ3) is 6.01. The number of hydrogen-bond donors (Lipinski definition) is 3. The summed E-state index contributed by atoms with van der Waals surface area (Å²) in [5, 5.41) is 0. The lowest BCUT2D eigenvalue weighted by molar-refractivity contribution is 0.0846. The molecule has 0 aliphatic heterocycles. The number of nitrogens with one attached hydrogen (secondary N) is 3. The Morgan fingerprint density at radius 3 is 2.03 bits per heavy atom. The molecule has 0 unspecified atom stereocenters. The van der Waals surface area contributed by atoms with Crippen molar-refractivity contribution in [1.82, 2.24) is 10.9 Å². The second-order valence-electron chi connectivity index (χ2n) is 6.84. The van der Waals surface area contributed by atoms with Crippen LogP contribution >= 0.6 is 0 Å². The highest BCUT2D eigenvalue weighted by atomic mass is 32.2. The van der Waals surface area contributed by atoms with Gasteiger partial charge in [0.25, 0.3) is 21.8 Å². The number of rotatable bonds is 8. The number of sulfonamides is 1. The molecule has 11 heteroatoms. The molecule has 178 valence electrons. The van der Waals surface area contributed by atoms with Gasteiger partial charge in [-0.25, -0.2) is 12.8 Å². The monoisotopic (exact) mass is 487 g/mol. The SMILES string of the molecule is CCOc1ccc(C(=O)NNC(=O)c2ccc(S(=O)(=O)Nc3ccc(F)cc3)cc2)cc1OC. The molecule has 0 atom stereocenters. The maximum Gasteiger partial charge on any atom is 0.269 e. The minimum Gasteiger partial charge on any atom is -0.493 e. The summed E-state index contributed by atoms with van der Waals surface area (Å²) in [6.45, 7) is 2.25. The zero-order valence-corrected chi connectivity index (χ0v) is 19.1. The number of carbonyl (C=O) groups is 2. The zero-order chi connectivity index (χ0) is 24.7. The number of benzene rings is 3. The van der Waals surface area contributed by atoms with E-state index in [1.165, 1.54) is 55.6 Å². The minimum atomic E-state index is -3.94. The molecule has 3 aromatic carbocycles. The van der Waals surface area contributed by atoms with Gasteiger partial charge >= 0.3 is 0 Å². The molecule has 2 amide bonds. The Kier molecular flexibility index (Phi) is 7.69. The van der Waals surface area contributed by atoms with Gasteiger partial charge in [-0.3, -0.25) is 25.2 Å². The Morgan fingerprint density at radius 2 is 1.44 bits per heavy atom. The van der Waals surface area contributed by atoms with Gasteiger partial charge < -0.3 is 9.47 Å². The van der Waals surface area contributed by atoms with Crippen LogP contribution < -0.4 is 25.0 Å². The van der Waals surface area contributed by atoms with Crippen molar-refractivity contribution in [1.29, 1.82) is 0 Å². The molecule has 0 heterocycles. The molecule has 0 spiro atoms. The predicted octanol–water partition coefficient (Wildman–Crippen LogP) is 3.11. The van der Waals surface area contributed by atoms with Crippen molar-refractivity contribution >= 4 is 27.5 Å². The van der Waals surface area contributed by atoms with E-state index in [-0.39, 0.29) is 21.7 Å². The molecule has 34 heavy (non-hydrogen) atoms. The van der Waals surface area contributed by atoms with Gasteiger partial charge in [-0.1, -0.05) is 0 Å². The topological polar surface area (TPSA) is 123 Å². The second kappa shape index (κ2) is 10.7. The predicted molar refractivity (Wildman–Crippen MR) is 123 cm³/mol. The van der Waals surface area contributed by atoms with Crippen molar-refractivity contribution in [3.8, 4) is 11.5 Å². The average Bonchev–Trinajstić information content (AvgIpc) is 2.84. The van der Waals surface area contributed by atoms with Crippen LogP contribution in [0.2, 0.25) is 0 Å². The molecule has 3 aromatic rings. The van der Waals surface area contributed by atoms with E-state index >= 15 is 0 Å². The summed E-state index contributed by atoms with van der Waals surface area (Å²) in [5.74, 6) is -0.882. The molecule has 0 saturated heterocycles. The molecule has 0 aliphatic rings. The first-order valence-corrected chi connectivity index (χ1v) is 11.5. The van der Waals surface area contributed by atoms with Crippen molar-refractivity contribution in [2.24, 2.45) is 0 Å². The number of amides is 2. The van der Waals surface area contributed by atoms with Crippen molar-refractivity contribution in [2.75, 3.05) is 18.4 Å². The van der Waals surface area contributed by atoms with Crippen LogP contribution in [0, 0.1) is 5.82 Å². The molecular formula is C23H22FN3O6S. The Balaban J connectivity index is 1.62. The van der Waals surface area contributed by atoms with Crippen LogP contribution in [0.1, 0.15) is 27.6 Å². The lowest BCUT2D eigenvalue weighted by Gasteiger charge is -2.12. The van der Waals surface area contributed by atoms with E-state index in [0.29, 0.717) is 18.1 Å². The summed E-state index contributed by atoms with van der Waals surface area (Å²) >= 11 is 0. The summed E-state index contributed by atoms with van der Waals surface area (Å²) in [6.07, 6.45) is 0. The first-order chi connectivity index (χ1) is 16.2. The quantitative estimate of drug-likeness (QED) is 0.420. The summed E-state index contributed by atoms with van der Waals surface area (Å²) < 4.78 is 50.9. The van der Waals surface area contributed by atoms with Crippen LogP contribution in [0.15, 0.2) is 71.6 Å². The van der Waals surface area contributed by atoms with Crippen LogP contribution in [-0.2, 0) is 10.0 Å². The van der Waals surface area contributed by atoms with E-state index < -0.39 is 27.7 Å². The Bertz CT molecular complexity index is 1280. The fraction of sp³-hybridized carbons (Fsp3) is 0.130. The van der Waals surface area contributed by atoms with E-state index in [4.69, 9.17) is 9.47 Å². The summed E-state index contributed by atoms with van der Waals surface area (Å²) in [5.41, 5.74) is 5.09. The minimum absolute atomic E-state index is 0.0982. The number of hydrogen-bond acceptors (Lipinski definition) is 6. The van der Waals surface area contributed by atoms with Gasteiger partial charge in [0.1, 0.15) is 5.82 Å². The van der Waals surface area contributed by atoms with Gasteiger partial charge in [0.15, 0.2) is 11.5 Å². The number of carbonyl (C=O) groups excluding carboxylic acids is 2. The maximum atomic E-state index is 13.0. The second-order valence-corrected chi connectivity index (χ2v) is 8.53. The third-order valence-electron chi connectivity index (χ3n) is 4.54. The fourth-order valence-corrected chi connectivity index (χ4v) is 3.92. The van der Waals surface area contributed by atoms with Gasteiger partial charge in [-0.2, -0.15) is 0 Å². The van der Waals surface area contributed by atoms with Gasteiger partial charge in [0.05, 0.1) is 18.6 Å². The number of halogens is 1. The number of methoxy groups -OCH3 is 1. The standard InChI is InChI=1S/C23H22FN3O6S/c1-3-33-20-13-6-16(14-21(20)32-2)23(29)26-25-22(28)15-4-11-19(12-5-15)34(30,31)27-18-9-7-17(24)8-10-18/h4-14,27H,3H2,1-2H3,(H,25,28)(H,26,29). The molecule has 0 fully saturated rings. The first-order valence-electron chi connectivity index (χ1n) is 10.0. The van der Waals surface area contributed by atoms with E-state index in [0.717, 1.165) is 12.1 Å². The van der Waals surface area contributed by atoms with Gasteiger partial charge in [0.2, 0.25) is 0 Å². The Labute approximate surface area is 195 Å². The highest BCUT2D eigenvalue weighted by Gasteiger charge is 2.16. The van der Waals surface area contributed by atoms with E-state index in [2.05, 4.69) is 15.6 Å². The largest absolute Gasteiger partial charge is 0.493 e. The molecule has 9 nitrogen and oxygen atoms in total. The molecule has 0 saturated carbocycles. The number of hydrazine groups is 1. The molecule has 0 aromatic heterocycles. The molecule has 0 radical (unpaired) electrons. The smallest absolute Gasteiger partial charge is 0.269 e. The third-order valence-corrected chi connectivity index (χ3v) is 5.94. The first kappa shape index (κ1) is 24.5. The van der Waals surface area contributed by atoms with Crippen molar-refractivity contribution < 1.29 is 31.9 Å². The van der Waals surface area contributed by atoms with Crippen LogP contribution in [0.4, 0.5) is 10.1 Å². The number of anilines is 1. The highest BCUT2D eigenvalue weighted by Crippen LogP contribution is 2.28. The summed E-state index contributed by atoms with van der Waals surface area (Å²) in [4.78, 5) is 24.6. The summed E-state index contributed by atoms with van der Waals surface area (Å²) in [7, 11) is -2.50. The van der Waals surface area contributed by atoms with Crippen LogP contribution in [-0.4, -0.2) is 33.9 Å². The number of ether oxygens (including phenoxy) is 2. The molecule has 3 N–H and O–H groups in total. The Morgan fingerprint density at radius 1 is 0.853 bits per heavy atom. The van der Waals surface area contributed by atoms with E-state index in [1.807, 2.05) is 6.92 Å². The van der Waals surface area contributed by atoms with E-state index in [9.17, 15) is 22.4 Å². The van der Waals surface area contributed by atoms with Gasteiger partial charge in [0, 0.05) is 16.8 Å². The van der Waals surface area contributed by atoms with Gasteiger partial charge in [-0.05, 0) is 73.7 Å². The normalized spacial score (nSPS) is 10.8. The van der Waals surface area contributed by atoms with Crippen LogP contribution in [0.25, 0.3) is 0 Å². The maximum absolute atomic E-state index is 13.0. The highest BCUT2D eigenvalue weighted by molar-refractivity contribution is 7.92. The van der Waals surface area contributed by atoms with Crippen molar-refractivity contribution in [3.05, 3.63) is 83.7 Å². The average molecular weight is 488 g/mol. The van der Waals surface area contributed by atoms with Gasteiger partial charge in [-0.15, -0.1) is 0 Å².